The van der Waals surface area contributed by atoms with E-state index in [9.17, 15) is 9.90 Å². The second kappa shape index (κ2) is 9.13. The lowest BCUT2D eigenvalue weighted by molar-refractivity contribution is -0.130. The number of carbonyl (C=O) groups is 1. The number of likely N-dealkylation sites (tertiary alicyclic amines) is 1. The Kier molecular flexibility index (Phi) is 6.62. The molecule has 136 valence electrons. The highest BCUT2D eigenvalue weighted by atomic mass is 16.5. The number of rotatable bonds is 5. The van der Waals surface area contributed by atoms with Gasteiger partial charge in [-0.15, -0.1) is 0 Å². The van der Waals surface area contributed by atoms with Crippen LogP contribution in [0.1, 0.15) is 12.0 Å². The summed E-state index contributed by atoms with van der Waals surface area (Å²) in [5.74, 6) is 0.231. The third kappa shape index (κ3) is 5.39. The molecule has 5 nitrogen and oxygen atoms in total. The number of β-amino-alcohol motifs (C(OH)–C–C–N with tert-alkyl or cyclic N) is 1. The number of carbonyl (C=O) groups excluding carboxylic acids is 1. The molecular formula is C20H28N2O3. The summed E-state index contributed by atoms with van der Waals surface area (Å²) in [5, 5.41) is 10.4. The molecule has 2 aliphatic heterocycles. The lowest BCUT2D eigenvalue weighted by atomic mass is 9.88. The van der Waals surface area contributed by atoms with Crippen LogP contribution >= 0.6 is 0 Å². The van der Waals surface area contributed by atoms with Crippen LogP contribution in [-0.4, -0.2) is 72.9 Å². The smallest absolute Gasteiger partial charge is 0.246 e. The highest BCUT2D eigenvalue weighted by molar-refractivity contribution is 5.87. The van der Waals surface area contributed by atoms with Gasteiger partial charge in [0.25, 0.3) is 0 Å². The summed E-state index contributed by atoms with van der Waals surface area (Å²) >= 11 is 0. The molecule has 3 rings (SSSR count). The number of piperidine rings is 1. The Morgan fingerprint density at radius 3 is 2.68 bits per heavy atom. The number of morpholine rings is 1. The van der Waals surface area contributed by atoms with Crippen LogP contribution in [0.2, 0.25) is 0 Å². The molecule has 1 N–H and O–H groups in total. The number of hydrogen-bond donors (Lipinski definition) is 1. The Morgan fingerprint density at radius 2 is 1.96 bits per heavy atom. The summed E-state index contributed by atoms with van der Waals surface area (Å²) in [7, 11) is 0. The third-order valence-corrected chi connectivity index (χ3v) is 5.10. The van der Waals surface area contributed by atoms with E-state index in [2.05, 4.69) is 17.0 Å². The molecule has 2 fully saturated rings. The van der Waals surface area contributed by atoms with Crippen molar-refractivity contribution >= 4 is 5.91 Å². The van der Waals surface area contributed by atoms with Gasteiger partial charge in [-0.1, -0.05) is 36.4 Å². The Hall–Kier alpha value is -1.69. The lowest BCUT2D eigenvalue weighted by Crippen LogP contribution is -2.46. The van der Waals surface area contributed by atoms with E-state index in [1.165, 1.54) is 5.56 Å². The molecule has 2 saturated heterocycles. The number of benzene rings is 1. The predicted octanol–water partition coefficient (Wildman–Crippen LogP) is 1.33. The van der Waals surface area contributed by atoms with Crippen LogP contribution < -0.4 is 0 Å². The minimum atomic E-state index is -0.453. The summed E-state index contributed by atoms with van der Waals surface area (Å²) in [5.41, 5.74) is 1.25. The van der Waals surface area contributed by atoms with Crippen LogP contribution in [0.5, 0.6) is 0 Å². The fourth-order valence-corrected chi connectivity index (χ4v) is 3.53. The maximum absolute atomic E-state index is 12.3. The Balaban J connectivity index is 1.44. The Labute approximate surface area is 149 Å². The zero-order chi connectivity index (χ0) is 17.5. The first-order chi connectivity index (χ1) is 12.2. The molecule has 5 heteroatoms. The van der Waals surface area contributed by atoms with Crippen LogP contribution in [-0.2, 0) is 16.0 Å². The van der Waals surface area contributed by atoms with Gasteiger partial charge in [-0.3, -0.25) is 9.69 Å². The van der Waals surface area contributed by atoms with E-state index in [1.54, 1.807) is 11.0 Å². The first-order valence-corrected chi connectivity index (χ1v) is 9.20. The van der Waals surface area contributed by atoms with Crippen LogP contribution in [0.25, 0.3) is 0 Å². The first kappa shape index (κ1) is 18.1. The van der Waals surface area contributed by atoms with Crippen molar-refractivity contribution in [3.05, 3.63) is 48.0 Å². The molecule has 2 atom stereocenters. The molecule has 1 aromatic rings. The van der Waals surface area contributed by atoms with Gasteiger partial charge in [-0.25, -0.2) is 0 Å². The van der Waals surface area contributed by atoms with Crippen molar-refractivity contribution in [2.75, 3.05) is 45.9 Å². The van der Waals surface area contributed by atoms with Crippen molar-refractivity contribution in [3.8, 4) is 0 Å². The maximum atomic E-state index is 12.3. The number of aliphatic hydroxyl groups is 1. The second-order valence-electron chi connectivity index (χ2n) is 6.91. The Bertz CT molecular complexity index is 570. The summed E-state index contributed by atoms with van der Waals surface area (Å²) < 4.78 is 5.32. The summed E-state index contributed by atoms with van der Waals surface area (Å²) in [4.78, 5) is 16.4. The van der Waals surface area contributed by atoms with E-state index in [0.29, 0.717) is 6.54 Å². The molecule has 0 aliphatic carbocycles. The first-order valence-electron chi connectivity index (χ1n) is 9.20. The number of ether oxygens (including phenoxy) is 1. The van der Waals surface area contributed by atoms with Gasteiger partial charge in [0.2, 0.25) is 5.91 Å². The topological polar surface area (TPSA) is 53.0 Å². The lowest BCUT2D eigenvalue weighted by Gasteiger charge is -2.35. The minimum Gasteiger partial charge on any atom is -0.391 e. The quantitative estimate of drug-likeness (QED) is 0.819. The van der Waals surface area contributed by atoms with Crippen molar-refractivity contribution in [3.63, 3.8) is 0 Å². The molecule has 0 unspecified atom stereocenters. The average Bonchev–Trinajstić information content (AvgIpc) is 2.65. The fraction of sp³-hybridized carbons (Fsp3) is 0.550. The number of hydrogen-bond acceptors (Lipinski definition) is 4. The average molecular weight is 344 g/mol. The molecule has 25 heavy (non-hydrogen) atoms. The van der Waals surface area contributed by atoms with Gasteiger partial charge in [-0.05, 0) is 24.3 Å². The van der Waals surface area contributed by atoms with Crippen molar-refractivity contribution in [1.82, 2.24) is 9.80 Å². The normalized spacial score (nSPS) is 25.4. The summed E-state index contributed by atoms with van der Waals surface area (Å²) in [6.45, 7) is 5.30. The largest absolute Gasteiger partial charge is 0.391 e. The zero-order valence-corrected chi connectivity index (χ0v) is 14.7. The zero-order valence-electron chi connectivity index (χ0n) is 14.7. The van der Waals surface area contributed by atoms with E-state index in [0.717, 1.165) is 52.2 Å². The van der Waals surface area contributed by atoms with Gasteiger partial charge < -0.3 is 14.7 Å². The van der Waals surface area contributed by atoms with Gasteiger partial charge in [0.1, 0.15) is 0 Å². The summed E-state index contributed by atoms with van der Waals surface area (Å²) in [6.07, 6.45) is 4.84. The molecular weight excluding hydrogens is 316 g/mol. The number of aliphatic hydroxyl groups excluding tert-OH is 1. The number of nitrogens with zero attached hydrogens (tertiary/aromatic N) is 2. The van der Waals surface area contributed by atoms with Gasteiger partial charge >= 0.3 is 0 Å². The molecule has 0 spiro atoms. The van der Waals surface area contributed by atoms with Crippen molar-refractivity contribution in [2.24, 2.45) is 5.92 Å². The van der Waals surface area contributed by atoms with Crippen LogP contribution in [0.15, 0.2) is 42.5 Å². The van der Waals surface area contributed by atoms with E-state index < -0.39 is 6.10 Å². The van der Waals surface area contributed by atoms with Crippen molar-refractivity contribution < 1.29 is 14.6 Å². The van der Waals surface area contributed by atoms with Gasteiger partial charge in [-0.2, -0.15) is 0 Å². The SMILES string of the molecule is O=C(/C=C/CN1CCOCC1)N1CC[C@H](Cc2ccccc2)[C@@H](O)C1. The minimum absolute atomic E-state index is 0.00507. The van der Waals surface area contributed by atoms with Crippen LogP contribution in [0, 0.1) is 5.92 Å². The van der Waals surface area contributed by atoms with E-state index >= 15 is 0 Å². The predicted molar refractivity (Wildman–Crippen MR) is 97.2 cm³/mol. The molecule has 1 amide bonds. The van der Waals surface area contributed by atoms with Crippen LogP contribution in [0.3, 0.4) is 0 Å². The molecule has 1 aromatic carbocycles. The van der Waals surface area contributed by atoms with E-state index in [1.807, 2.05) is 24.3 Å². The molecule has 0 aromatic heterocycles. The fourth-order valence-electron chi connectivity index (χ4n) is 3.53. The standard InChI is InChI=1S/C20H28N2O3/c23-19-16-22(10-8-18(19)15-17-5-2-1-3-6-17)20(24)7-4-9-21-11-13-25-14-12-21/h1-7,18-19,23H,8-16H2/b7-4+/t18-,19+/m1/s1. The van der Waals surface area contributed by atoms with E-state index in [4.69, 9.17) is 4.74 Å². The van der Waals surface area contributed by atoms with Crippen molar-refractivity contribution in [2.45, 2.75) is 18.9 Å². The highest BCUT2D eigenvalue weighted by Crippen LogP contribution is 2.22. The molecule has 2 heterocycles. The van der Waals surface area contributed by atoms with E-state index in [-0.39, 0.29) is 11.8 Å². The molecule has 2 aliphatic rings. The molecule has 0 saturated carbocycles. The molecule has 0 bridgehead atoms. The number of amides is 1. The maximum Gasteiger partial charge on any atom is 0.246 e. The third-order valence-electron chi connectivity index (χ3n) is 5.10. The highest BCUT2D eigenvalue weighted by Gasteiger charge is 2.29. The monoisotopic (exact) mass is 344 g/mol. The van der Waals surface area contributed by atoms with Crippen molar-refractivity contribution in [1.29, 1.82) is 0 Å². The van der Waals surface area contributed by atoms with Crippen LogP contribution in [0.4, 0.5) is 0 Å². The summed E-state index contributed by atoms with van der Waals surface area (Å²) in [6, 6.07) is 10.3. The van der Waals surface area contributed by atoms with Gasteiger partial charge in [0.05, 0.1) is 19.3 Å². The molecule has 0 radical (unpaired) electrons. The Morgan fingerprint density at radius 1 is 1.20 bits per heavy atom. The van der Waals surface area contributed by atoms with Gasteiger partial charge in [0, 0.05) is 38.8 Å². The van der Waals surface area contributed by atoms with Gasteiger partial charge in [0.15, 0.2) is 0 Å². The second-order valence-corrected chi connectivity index (χ2v) is 6.91.